The molecule has 0 spiro atoms. The van der Waals surface area contributed by atoms with E-state index in [-0.39, 0.29) is 17.7 Å². The van der Waals surface area contributed by atoms with Crippen LogP contribution in [-0.4, -0.2) is 40.7 Å². The molecule has 0 saturated carbocycles. The highest BCUT2D eigenvalue weighted by atomic mass is 19.1. The van der Waals surface area contributed by atoms with Gasteiger partial charge in [0, 0.05) is 47.9 Å². The van der Waals surface area contributed by atoms with Gasteiger partial charge in [-0.3, -0.25) is 9.78 Å². The van der Waals surface area contributed by atoms with Crippen LogP contribution in [0, 0.1) is 24.1 Å². The Hall–Kier alpha value is -2.70. The summed E-state index contributed by atoms with van der Waals surface area (Å²) in [5.74, 6) is -0.997. The number of ether oxygens (including phenoxy) is 1. The summed E-state index contributed by atoms with van der Waals surface area (Å²) in [6.45, 7) is 12.5. The van der Waals surface area contributed by atoms with E-state index in [1.807, 2.05) is 6.92 Å². The van der Waals surface area contributed by atoms with Crippen molar-refractivity contribution in [1.82, 2.24) is 9.97 Å². The predicted octanol–water partition coefficient (Wildman–Crippen LogP) is 5.27. The molecule has 0 atom stereocenters. The minimum Gasteiger partial charge on any atom is -0.481 e. The van der Waals surface area contributed by atoms with E-state index in [0.29, 0.717) is 34.9 Å². The smallest absolute Gasteiger partial charge is 0.307 e. The van der Waals surface area contributed by atoms with Crippen molar-refractivity contribution in [2.45, 2.75) is 60.3 Å². The van der Waals surface area contributed by atoms with Gasteiger partial charge in [0.25, 0.3) is 0 Å². The lowest BCUT2D eigenvalue weighted by Gasteiger charge is -2.40. The standard InChI is InChI=1S/C25H34FN3O3/c1-16(2)6-11-32-24-21(26)12-18(14-28-24)20-15-27-17(3)19(13-22(30)31)23(20)29-9-7-25(4,5)8-10-29/h12,14-16H,6-11,13H2,1-5H3,(H,30,31). The Labute approximate surface area is 189 Å². The van der Waals surface area contributed by atoms with Gasteiger partial charge in [0.2, 0.25) is 5.88 Å². The number of aliphatic carboxylic acids is 1. The van der Waals surface area contributed by atoms with Crippen LogP contribution < -0.4 is 9.64 Å². The molecule has 0 aliphatic carbocycles. The normalized spacial score (nSPS) is 15.8. The summed E-state index contributed by atoms with van der Waals surface area (Å²) in [6.07, 6.45) is 5.96. The molecular weight excluding hydrogens is 409 g/mol. The molecule has 2 aromatic rings. The maximum atomic E-state index is 14.8. The van der Waals surface area contributed by atoms with Gasteiger partial charge in [0.15, 0.2) is 5.82 Å². The number of aromatic nitrogens is 2. The van der Waals surface area contributed by atoms with E-state index in [0.717, 1.165) is 38.0 Å². The van der Waals surface area contributed by atoms with Crippen LogP contribution in [0.1, 0.15) is 58.2 Å². The zero-order valence-electron chi connectivity index (χ0n) is 19.7. The van der Waals surface area contributed by atoms with Crippen LogP contribution in [0.4, 0.5) is 10.1 Å². The predicted molar refractivity (Wildman–Crippen MR) is 124 cm³/mol. The average molecular weight is 444 g/mol. The molecule has 1 saturated heterocycles. The Kier molecular flexibility index (Phi) is 7.36. The lowest BCUT2D eigenvalue weighted by atomic mass is 9.82. The maximum absolute atomic E-state index is 14.8. The summed E-state index contributed by atoms with van der Waals surface area (Å²) in [7, 11) is 0. The maximum Gasteiger partial charge on any atom is 0.307 e. The Bertz CT molecular complexity index is 965. The third-order valence-electron chi connectivity index (χ3n) is 6.18. The molecule has 3 heterocycles. The van der Waals surface area contributed by atoms with Gasteiger partial charge in [-0.25, -0.2) is 9.37 Å². The van der Waals surface area contributed by atoms with Crippen LogP contribution in [0.3, 0.4) is 0 Å². The molecular formula is C25H34FN3O3. The van der Waals surface area contributed by atoms with Crippen LogP contribution in [0.2, 0.25) is 0 Å². The minimum absolute atomic E-state index is 0.0125. The quantitative estimate of drug-likeness (QED) is 0.599. The first kappa shape index (κ1) is 24.0. The molecule has 1 aliphatic heterocycles. The lowest BCUT2D eigenvalue weighted by Crippen LogP contribution is -2.38. The number of halogens is 1. The summed E-state index contributed by atoms with van der Waals surface area (Å²) >= 11 is 0. The van der Waals surface area contributed by atoms with Crippen molar-refractivity contribution in [3.05, 3.63) is 35.5 Å². The van der Waals surface area contributed by atoms with Gasteiger partial charge >= 0.3 is 5.97 Å². The number of aryl methyl sites for hydroxylation is 1. The molecule has 0 bridgehead atoms. The molecule has 1 N–H and O–H groups in total. The molecule has 3 rings (SSSR count). The first-order chi connectivity index (χ1) is 15.1. The molecule has 32 heavy (non-hydrogen) atoms. The molecule has 2 aromatic heterocycles. The first-order valence-electron chi connectivity index (χ1n) is 11.3. The molecule has 1 aliphatic rings. The summed E-state index contributed by atoms with van der Waals surface area (Å²) in [5.41, 5.74) is 3.69. The van der Waals surface area contributed by atoms with E-state index in [1.54, 1.807) is 12.4 Å². The van der Waals surface area contributed by atoms with Gasteiger partial charge in [0.1, 0.15) is 0 Å². The van der Waals surface area contributed by atoms with E-state index in [2.05, 4.69) is 42.6 Å². The zero-order chi connectivity index (χ0) is 23.5. The second kappa shape index (κ2) is 9.84. The van der Waals surface area contributed by atoms with E-state index in [4.69, 9.17) is 4.74 Å². The van der Waals surface area contributed by atoms with Crippen LogP contribution in [0.15, 0.2) is 18.5 Å². The largest absolute Gasteiger partial charge is 0.481 e. The molecule has 0 aromatic carbocycles. The van der Waals surface area contributed by atoms with Crippen LogP contribution in [0.5, 0.6) is 5.88 Å². The fourth-order valence-corrected chi connectivity index (χ4v) is 3.98. The van der Waals surface area contributed by atoms with E-state index in [9.17, 15) is 14.3 Å². The minimum atomic E-state index is -0.913. The van der Waals surface area contributed by atoms with Crippen molar-refractivity contribution >= 4 is 11.7 Å². The zero-order valence-corrected chi connectivity index (χ0v) is 19.7. The fraction of sp³-hybridized carbons (Fsp3) is 0.560. The van der Waals surface area contributed by atoms with E-state index < -0.39 is 11.8 Å². The van der Waals surface area contributed by atoms with Gasteiger partial charge in [-0.1, -0.05) is 27.7 Å². The number of carboxylic acids is 1. The SMILES string of the molecule is Cc1ncc(-c2cnc(OCCC(C)C)c(F)c2)c(N2CCC(C)(C)CC2)c1CC(=O)O. The van der Waals surface area contributed by atoms with Crippen LogP contribution in [0.25, 0.3) is 11.1 Å². The van der Waals surface area contributed by atoms with Crippen molar-refractivity contribution in [1.29, 1.82) is 0 Å². The Morgan fingerprint density at radius 3 is 2.53 bits per heavy atom. The highest BCUT2D eigenvalue weighted by Crippen LogP contribution is 2.40. The number of nitrogens with zero attached hydrogens (tertiary/aromatic N) is 3. The monoisotopic (exact) mass is 443 g/mol. The highest BCUT2D eigenvalue weighted by Gasteiger charge is 2.29. The van der Waals surface area contributed by atoms with Gasteiger partial charge in [-0.2, -0.15) is 0 Å². The van der Waals surface area contributed by atoms with Crippen molar-refractivity contribution in [3.63, 3.8) is 0 Å². The highest BCUT2D eigenvalue weighted by molar-refractivity contribution is 5.84. The van der Waals surface area contributed by atoms with Crippen molar-refractivity contribution in [2.24, 2.45) is 11.3 Å². The van der Waals surface area contributed by atoms with Crippen LogP contribution in [-0.2, 0) is 11.2 Å². The van der Waals surface area contributed by atoms with Crippen molar-refractivity contribution in [3.8, 4) is 17.0 Å². The van der Waals surface area contributed by atoms with Crippen molar-refractivity contribution in [2.75, 3.05) is 24.6 Å². The molecule has 0 unspecified atom stereocenters. The Morgan fingerprint density at radius 2 is 1.94 bits per heavy atom. The fourth-order valence-electron chi connectivity index (χ4n) is 3.98. The second-order valence-corrected chi connectivity index (χ2v) is 9.85. The third kappa shape index (κ3) is 5.75. The second-order valence-electron chi connectivity index (χ2n) is 9.85. The summed E-state index contributed by atoms with van der Waals surface area (Å²) in [5, 5.41) is 9.53. The van der Waals surface area contributed by atoms with E-state index in [1.165, 1.54) is 6.07 Å². The van der Waals surface area contributed by atoms with Gasteiger partial charge in [0.05, 0.1) is 18.7 Å². The Morgan fingerprint density at radius 1 is 1.25 bits per heavy atom. The Balaban J connectivity index is 2.00. The van der Waals surface area contributed by atoms with Gasteiger partial charge in [-0.05, 0) is 43.6 Å². The molecule has 6 nitrogen and oxygen atoms in total. The molecule has 0 amide bonds. The van der Waals surface area contributed by atoms with Crippen molar-refractivity contribution < 1.29 is 19.0 Å². The number of piperidine rings is 1. The lowest BCUT2D eigenvalue weighted by molar-refractivity contribution is -0.136. The third-order valence-corrected chi connectivity index (χ3v) is 6.18. The summed E-state index contributed by atoms with van der Waals surface area (Å²) in [4.78, 5) is 22.5. The van der Waals surface area contributed by atoms with Crippen LogP contribution >= 0.6 is 0 Å². The summed E-state index contributed by atoms with van der Waals surface area (Å²) in [6, 6.07) is 1.41. The molecule has 7 heteroatoms. The van der Waals surface area contributed by atoms with Gasteiger partial charge < -0.3 is 14.7 Å². The molecule has 1 fully saturated rings. The number of hydrogen-bond acceptors (Lipinski definition) is 5. The number of carboxylic acid groups (broad SMARTS) is 1. The summed E-state index contributed by atoms with van der Waals surface area (Å²) < 4.78 is 20.3. The first-order valence-corrected chi connectivity index (χ1v) is 11.3. The topological polar surface area (TPSA) is 75.6 Å². The molecule has 0 radical (unpaired) electrons. The number of rotatable bonds is 8. The number of carbonyl (C=O) groups is 1. The number of pyridine rings is 2. The van der Waals surface area contributed by atoms with E-state index >= 15 is 0 Å². The molecule has 174 valence electrons. The average Bonchev–Trinajstić information content (AvgIpc) is 2.70. The number of anilines is 1. The number of hydrogen-bond donors (Lipinski definition) is 1. The van der Waals surface area contributed by atoms with Gasteiger partial charge in [-0.15, -0.1) is 0 Å².